The molecule has 0 saturated carbocycles. The lowest BCUT2D eigenvalue weighted by Crippen LogP contribution is -2.37. The molecule has 0 unspecified atom stereocenters. The number of carbonyl (C=O) groups excluding carboxylic acids is 2. The summed E-state index contributed by atoms with van der Waals surface area (Å²) >= 11 is 0. The van der Waals surface area contributed by atoms with Crippen LogP contribution in [0, 0.1) is 11.8 Å². The van der Waals surface area contributed by atoms with Gasteiger partial charge < -0.3 is 21.1 Å². The first kappa shape index (κ1) is 22.9. The third-order valence-electron chi connectivity index (χ3n) is 4.13. The maximum atomic E-state index is 12.9. The third kappa shape index (κ3) is 6.92. The fourth-order valence-corrected chi connectivity index (χ4v) is 2.96. The van der Waals surface area contributed by atoms with Crippen molar-refractivity contribution in [2.24, 2.45) is 28.3 Å². The fraction of sp³-hybridized carbons (Fsp3) is 0.348. The summed E-state index contributed by atoms with van der Waals surface area (Å²) in [5.41, 5.74) is 12.1. The van der Waals surface area contributed by atoms with Crippen molar-refractivity contribution in [3.8, 4) is 5.75 Å². The van der Waals surface area contributed by atoms with Gasteiger partial charge in [0, 0.05) is 18.7 Å². The number of nitrogens with two attached hydrogens (primary N) is 2. The summed E-state index contributed by atoms with van der Waals surface area (Å²) in [4.78, 5) is 31.0. The molecule has 0 spiro atoms. The van der Waals surface area contributed by atoms with Gasteiger partial charge in [-0.15, -0.1) is 0 Å². The van der Waals surface area contributed by atoms with Crippen LogP contribution in [0.25, 0.3) is 0 Å². The molecule has 0 aliphatic heterocycles. The number of rotatable bonds is 8. The molecule has 7 nitrogen and oxygen atoms in total. The Morgan fingerprint density at radius 2 is 1.37 bits per heavy atom. The summed E-state index contributed by atoms with van der Waals surface area (Å²) in [5.74, 6) is 0.541. The lowest BCUT2D eigenvalue weighted by Gasteiger charge is -2.26. The van der Waals surface area contributed by atoms with Crippen molar-refractivity contribution in [1.82, 2.24) is 4.90 Å². The van der Waals surface area contributed by atoms with E-state index in [0.717, 1.165) is 0 Å². The van der Waals surface area contributed by atoms with E-state index in [-0.39, 0.29) is 11.9 Å². The van der Waals surface area contributed by atoms with E-state index < -0.39 is 5.97 Å². The minimum atomic E-state index is -0.508. The molecule has 160 valence electrons. The van der Waals surface area contributed by atoms with E-state index >= 15 is 0 Å². The second-order valence-corrected chi connectivity index (χ2v) is 8.00. The Hall–Kier alpha value is -3.35. The van der Waals surface area contributed by atoms with Crippen molar-refractivity contribution in [3.63, 3.8) is 0 Å². The maximum Gasteiger partial charge on any atom is 0.343 e. The molecule has 0 bridgehead atoms. The lowest BCUT2D eigenvalue weighted by molar-refractivity contribution is 0.0714. The van der Waals surface area contributed by atoms with Gasteiger partial charge in [-0.1, -0.05) is 27.7 Å². The summed E-state index contributed by atoms with van der Waals surface area (Å²) < 4.78 is 5.40. The molecule has 0 heterocycles. The number of aliphatic imine (C=N–C) groups is 1. The molecular weight excluding hydrogens is 380 g/mol. The Kier molecular flexibility index (Phi) is 7.98. The van der Waals surface area contributed by atoms with E-state index in [1.807, 2.05) is 4.90 Å². The third-order valence-corrected chi connectivity index (χ3v) is 4.13. The highest BCUT2D eigenvalue weighted by Gasteiger charge is 2.18. The van der Waals surface area contributed by atoms with Gasteiger partial charge >= 0.3 is 5.97 Å². The molecule has 4 N–H and O–H groups in total. The first-order chi connectivity index (χ1) is 14.2. The van der Waals surface area contributed by atoms with Crippen molar-refractivity contribution in [2.75, 3.05) is 13.1 Å². The van der Waals surface area contributed by atoms with Crippen molar-refractivity contribution < 1.29 is 14.3 Å². The van der Waals surface area contributed by atoms with Gasteiger partial charge in [0.25, 0.3) is 5.91 Å². The Morgan fingerprint density at radius 3 is 1.83 bits per heavy atom. The highest BCUT2D eigenvalue weighted by molar-refractivity contribution is 5.95. The van der Waals surface area contributed by atoms with Crippen molar-refractivity contribution in [1.29, 1.82) is 0 Å². The van der Waals surface area contributed by atoms with Crippen LogP contribution >= 0.6 is 0 Å². The first-order valence-electron chi connectivity index (χ1n) is 9.97. The number of amides is 1. The normalized spacial score (nSPS) is 10.7. The molecular formula is C23H30N4O3. The van der Waals surface area contributed by atoms with E-state index in [9.17, 15) is 9.59 Å². The average molecular weight is 411 g/mol. The zero-order valence-electron chi connectivity index (χ0n) is 18.0. The number of ether oxygens (including phenoxy) is 1. The number of guanidine groups is 1. The molecule has 2 aromatic rings. The summed E-state index contributed by atoms with van der Waals surface area (Å²) in [6.07, 6.45) is 0. The molecule has 2 aromatic carbocycles. The molecule has 0 aliphatic carbocycles. The van der Waals surface area contributed by atoms with Gasteiger partial charge in [0.15, 0.2) is 5.96 Å². The molecule has 7 heteroatoms. The van der Waals surface area contributed by atoms with E-state index in [4.69, 9.17) is 16.2 Å². The number of hydrogen-bond donors (Lipinski definition) is 2. The van der Waals surface area contributed by atoms with Crippen LogP contribution in [0.1, 0.15) is 48.4 Å². The molecule has 2 rings (SSSR count). The molecule has 0 aromatic heterocycles. The molecule has 0 atom stereocenters. The number of carbonyl (C=O) groups is 2. The summed E-state index contributed by atoms with van der Waals surface area (Å²) in [5, 5.41) is 0. The molecule has 0 fully saturated rings. The maximum absolute atomic E-state index is 12.9. The van der Waals surface area contributed by atoms with E-state index in [1.165, 1.54) is 0 Å². The van der Waals surface area contributed by atoms with Gasteiger partial charge in [-0.3, -0.25) is 4.79 Å². The van der Waals surface area contributed by atoms with Gasteiger partial charge in [-0.05, 0) is 60.4 Å². The van der Waals surface area contributed by atoms with Gasteiger partial charge in [0.05, 0.1) is 11.3 Å². The fourth-order valence-electron chi connectivity index (χ4n) is 2.96. The van der Waals surface area contributed by atoms with Gasteiger partial charge in [0.1, 0.15) is 5.75 Å². The number of benzene rings is 2. The zero-order valence-corrected chi connectivity index (χ0v) is 18.0. The van der Waals surface area contributed by atoms with Crippen molar-refractivity contribution in [2.45, 2.75) is 27.7 Å². The van der Waals surface area contributed by atoms with Crippen LogP contribution in [0.15, 0.2) is 53.5 Å². The van der Waals surface area contributed by atoms with Crippen molar-refractivity contribution >= 4 is 23.5 Å². The van der Waals surface area contributed by atoms with Gasteiger partial charge in [0.2, 0.25) is 0 Å². The number of hydrogen-bond acceptors (Lipinski definition) is 4. The predicted molar refractivity (Wildman–Crippen MR) is 119 cm³/mol. The SMILES string of the molecule is CC(C)CN(CC(C)C)C(=O)c1ccc(OC(=O)c2ccc(N=C(N)N)cc2)cc1. The standard InChI is InChI=1S/C23H30N4O3/c1-15(2)13-27(14-16(3)4)21(28)17-7-11-20(12-8-17)30-22(29)18-5-9-19(10-6-18)26-23(24)25/h5-12,15-16H,13-14H2,1-4H3,(H4,24,25,26). The highest BCUT2D eigenvalue weighted by atomic mass is 16.5. The predicted octanol–water partition coefficient (Wildman–Crippen LogP) is 3.56. The largest absolute Gasteiger partial charge is 0.423 e. The van der Waals surface area contributed by atoms with Crippen LogP contribution < -0.4 is 16.2 Å². The second-order valence-electron chi connectivity index (χ2n) is 8.00. The van der Waals surface area contributed by atoms with Crippen LogP contribution in [0.4, 0.5) is 5.69 Å². The van der Waals surface area contributed by atoms with E-state index in [2.05, 4.69) is 32.7 Å². The lowest BCUT2D eigenvalue weighted by atomic mass is 10.1. The zero-order chi connectivity index (χ0) is 22.3. The van der Waals surface area contributed by atoms with Crippen LogP contribution in [0.2, 0.25) is 0 Å². The van der Waals surface area contributed by atoms with E-state index in [0.29, 0.717) is 47.5 Å². The quantitative estimate of drug-likeness (QED) is 0.299. The first-order valence-corrected chi connectivity index (χ1v) is 9.97. The molecule has 0 radical (unpaired) electrons. The van der Waals surface area contributed by atoms with Crippen LogP contribution in [-0.4, -0.2) is 35.8 Å². The molecule has 0 saturated heterocycles. The Balaban J connectivity index is 2.06. The number of esters is 1. The summed E-state index contributed by atoms with van der Waals surface area (Å²) in [7, 11) is 0. The van der Waals surface area contributed by atoms with Crippen LogP contribution in [-0.2, 0) is 0 Å². The Labute approximate surface area is 177 Å². The topological polar surface area (TPSA) is 111 Å². The average Bonchev–Trinajstić information content (AvgIpc) is 2.67. The molecule has 0 aliphatic rings. The monoisotopic (exact) mass is 410 g/mol. The molecule has 1 amide bonds. The summed E-state index contributed by atoms with van der Waals surface area (Å²) in [6.45, 7) is 9.76. The summed E-state index contributed by atoms with van der Waals surface area (Å²) in [6, 6.07) is 13.0. The minimum absolute atomic E-state index is 0.0226. The van der Waals surface area contributed by atoms with Gasteiger partial charge in [-0.2, -0.15) is 0 Å². The smallest absolute Gasteiger partial charge is 0.343 e. The second kappa shape index (κ2) is 10.4. The van der Waals surface area contributed by atoms with Gasteiger partial charge in [-0.25, -0.2) is 9.79 Å². The Morgan fingerprint density at radius 1 is 0.867 bits per heavy atom. The van der Waals surface area contributed by atoms with Crippen molar-refractivity contribution in [3.05, 3.63) is 59.7 Å². The number of nitrogens with zero attached hydrogens (tertiary/aromatic N) is 2. The highest BCUT2D eigenvalue weighted by Crippen LogP contribution is 2.18. The molecule has 30 heavy (non-hydrogen) atoms. The van der Waals surface area contributed by atoms with Crippen LogP contribution in [0.3, 0.4) is 0 Å². The Bertz CT molecular complexity index is 874. The van der Waals surface area contributed by atoms with E-state index in [1.54, 1.807) is 48.5 Å². The van der Waals surface area contributed by atoms with Crippen LogP contribution in [0.5, 0.6) is 5.75 Å². The minimum Gasteiger partial charge on any atom is -0.423 e.